The van der Waals surface area contributed by atoms with Crippen LogP contribution in [0.25, 0.3) is 6.08 Å². The summed E-state index contributed by atoms with van der Waals surface area (Å²) < 4.78 is 0.947. The first-order valence-electron chi connectivity index (χ1n) is 5.87. The van der Waals surface area contributed by atoms with Crippen molar-refractivity contribution in [2.24, 2.45) is 0 Å². The highest BCUT2D eigenvalue weighted by Crippen LogP contribution is 2.26. The number of carbonyl (C=O) groups is 1. The SMILES string of the molecule is CCCNC(=O)/C(C)=C/c1cc(Cl)cc(Br)c1C. The first-order valence-corrected chi connectivity index (χ1v) is 7.05. The maximum absolute atomic E-state index is 11.8. The van der Waals surface area contributed by atoms with E-state index in [2.05, 4.69) is 21.2 Å². The second-order valence-corrected chi connectivity index (χ2v) is 5.48. The number of amides is 1. The fourth-order valence-electron chi connectivity index (χ4n) is 1.49. The number of hydrogen-bond acceptors (Lipinski definition) is 1. The summed E-state index contributed by atoms with van der Waals surface area (Å²) in [6.07, 6.45) is 2.79. The van der Waals surface area contributed by atoms with Crippen LogP contribution in [-0.2, 0) is 4.79 Å². The van der Waals surface area contributed by atoms with Crippen LogP contribution in [0.4, 0.5) is 0 Å². The largest absolute Gasteiger partial charge is 0.352 e. The van der Waals surface area contributed by atoms with Gasteiger partial charge in [0.25, 0.3) is 0 Å². The molecular weight excluding hydrogens is 314 g/mol. The van der Waals surface area contributed by atoms with Crippen molar-refractivity contribution in [2.45, 2.75) is 27.2 Å². The zero-order chi connectivity index (χ0) is 13.7. The lowest BCUT2D eigenvalue weighted by molar-refractivity contribution is -0.117. The van der Waals surface area contributed by atoms with Crippen molar-refractivity contribution in [3.63, 3.8) is 0 Å². The average molecular weight is 331 g/mol. The molecule has 0 bridgehead atoms. The topological polar surface area (TPSA) is 29.1 Å². The molecule has 1 amide bonds. The van der Waals surface area contributed by atoms with Gasteiger partial charge in [-0.05, 0) is 49.6 Å². The quantitative estimate of drug-likeness (QED) is 0.818. The van der Waals surface area contributed by atoms with Gasteiger partial charge in [0.2, 0.25) is 5.91 Å². The summed E-state index contributed by atoms with van der Waals surface area (Å²) in [5.41, 5.74) is 2.71. The molecular formula is C14H17BrClNO. The summed E-state index contributed by atoms with van der Waals surface area (Å²) in [6, 6.07) is 3.71. The van der Waals surface area contributed by atoms with Crippen LogP contribution >= 0.6 is 27.5 Å². The average Bonchev–Trinajstić information content (AvgIpc) is 2.32. The molecule has 1 rings (SSSR count). The summed E-state index contributed by atoms with van der Waals surface area (Å²) >= 11 is 9.46. The molecule has 0 spiro atoms. The Labute approximate surface area is 122 Å². The third-order valence-electron chi connectivity index (χ3n) is 2.61. The minimum Gasteiger partial charge on any atom is -0.352 e. The van der Waals surface area contributed by atoms with E-state index in [1.807, 2.05) is 32.1 Å². The molecule has 98 valence electrons. The lowest BCUT2D eigenvalue weighted by Crippen LogP contribution is -2.24. The van der Waals surface area contributed by atoms with Gasteiger partial charge in [-0.15, -0.1) is 0 Å². The third kappa shape index (κ3) is 4.14. The zero-order valence-corrected chi connectivity index (χ0v) is 13.2. The molecule has 1 aromatic rings. The Morgan fingerprint density at radius 3 is 2.78 bits per heavy atom. The van der Waals surface area contributed by atoms with Crippen LogP contribution < -0.4 is 5.32 Å². The van der Waals surface area contributed by atoms with Crippen LogP contribution in [0.5, 0.6) is 0 Å². The molecule has 0 radical (unpaired) electrons. The van der Waals surface area contributed by atoms with E-state index in [1.54, 1.807) is 6.92 Å². The predicted octanol–water partition coefficient (Wildman–Crippen LogP) is 4.34. The van der Waals surface area contributed by atoms with Crippen LogP contribution in [0.3, 0.4) is 0 Å². The first-order chi connectivity index (χ1) is 8.45. The summed E-state index contributed by atoms with van der Waals surface area (Å²) in [4.78, 5) is 11.8. The third-order valence-corrected chi connectivity index (χ3v) is 3.66. The van der Waals surface area contributed by atoms with Gasteiger partial charge in [-0.2, -0.15) is 0 Å². The molecule has 0 saturated carbocycles. The van der Waals surface area contributed by atoms with E-state index in [0.29, 0.717) is 17.1 Å². The molecule has 0 saturated heterocycles. The van der Waals surface area contributed by atoms with E-state index in [0.717, 1.165) is 22.0 Å². The van der Waals surface area contributed by atoms with Crippen molar-refractivity contribution in [3.05, 3.63) is 38.3 Å². The molecule has 1 N–H and O–H groups in total. The number of benzene rings is 1. The van der Waals surface area contributed by atoms with Gasteiger partial charge in [0.1, 0.15) is 0 Å². The number of carbonyl (C=O) groups excluding carboxylic acids is 1. The van der Waals surface area contributed by atoms with Crippen LogP contribution in [0.2, 0.25) is 5.02 Å². The predicted molar refractivity (Wildman–Crippen MR) is 80.8 cm³/mol. The molecule has 0 atom stereocenters. The minimum absolute atomic E-state index is 0.0349. The zero-order valence-electron chi connectivity index (χ0n) is 10.8. The van der Waals surface area contributed by atoms with Gasteiger partial charge in [-0.25, -0.2) is 0 Å². The van der Waals surface area contributed by atoms with E-state index in [9.17, 15) is 4.79 Å². The van der Waals surface area contributed by atoms with E-state index < -0.39 is 0 Å². The monoisotopic (exact) mass is 329 g/mol. The van der Waals surface area contributed by atoms with Gasteiger partial charge in [-0.3, -0.25) is 4.79 Å². The van der Waals surface area contributed by atoms with Gasteiger partial charge in [0, 0.05) is 21.6 Å². The number of nitrogens with one attached hydrogen (secondary N) is 1. The normalized spacial score (nSPS) is 11.5. The Hall–Kier alpha value is -0.800. The Kier molecular flexibility index (Phi) is 5.89. The molecule has 0 aliphatic rings. The van der Waals surface area contributed by atoms with E-state index in [-0.39, 0.29) is 5.91 Å². The Morgan fingerprint density at radius 2 is 2.17 bits per heavy atom. The van der Waals surface area contributed by atoms with Gasteiger partial charge in [0.15, 0.2) is 0 Å². The highest BCUT2D eigenvalue weighted by Gasteiger charge is 2.06. The Bertz CT molecular complexity index is 483. The van der Waals surface area contributed by atoms with Crippen LogP contribution in [0, 0.1) is 6.92 Å². The molecule has 4 heteroatoms. The van der Waals surface area contributed by atoms with Gasteiger partial charge >= 0.3 is 0 Å². The summed E-state index contributed by atoms with van der Waals surface area (Å²) in [6.45, 7) is 6.52. The second-order valence-electron chi connectivity index (χ2n) is 4.19. The molecule has 0 aromatic heterocycles. The van der Waals surface area contributed by atoms with Crippen molar-refractivity contribution in [1.29, 1.82) is 0 Å². The van der Waals surface area contributed by atoms with Crippen molar-refractivity contribution in [1.82, 2.24) is 5.32 Å². The molecule has 1 aromatic carbocycles. The van der Waals surface area contributed by atoms with Gasteiger partial charge < -0.3 is 5.32 Å². The molecule has 0 unspecified atom stereocenters. The van der Waals surface area contributed by atoms with Gasteiger partial charge in [-0.1, -0.05) is 34.5 Å². The summed E-state index contributed by atoms with van der Waals surface area (Å²) in [5, 5.41) is 3.50. The van der Waals surface area contributed by atoms with E-state index in [1.165, 1.54) is 0 Å². The van der Waals surface area contributed by atoms with E-state index in [4.69, 9.17) is 11.6 Å². The number of halogens is 2. The van der Waals surface area contributed by atoms with Gasteiger partial charge in [0.05, 0.1) is 0 Å². The molecule has 0 fully saturated rings. The van der Waals surface area contributed by atoms with Crippen molar-refractivity contribution < 1.29 is 4.79 Å². The van der Waals surface area contributed by atoms with Crippen molar-refractivity contribution in [3.8, 4) is 0 Å². The highest BCUT2D eigenvalue weighted by atomic mass is 79.9. The highest BCUT2D eigenvalue weighted by molar-refractivity contribution is 9.10. The lowest BCUT2D eigenvalue weighted by atomic mass is 10.1. The molecule has 0 aliphatic heterocycles. The standard InChI is InChI=1S/C14H17BrClNO/c1-4-5-17-14(18)9(2)6-11-7-12(16)8-13(15)10(11)3/h6-8H,4-5H2,1-3H3,(H,17,18)/b9-6+. The first kappa shape index (κ1) is 15.3. The molecule has 0 aliphatic carbocycles. The number of hydrogen-bond donors (Lipinski definition) is 1. The van der Waals surface area contributed by atoms with Crippen LogP contribution in [0.1, 0.15) is 31.4 Å². The minimum atomic E-state index is -0.0349. The molecule has 2 nitrogen and oxygen atoms in total. The fourth-order valence-corrected chi connectivity index (χ4v) is 2.33. The maximum atomic E-state index is 11.8. The van der Waals surface area contributed by atoms with Crippen molar-refractivity contribution >= 4 is 39.5 Å². The maximum Gasteiger partial charge on any atom is 0.246 e. The Balaban J connectivity index is 2.98. The fraction of sp³-hybridized carbons (Fsp3) is 0.357. The van der Waals surface area contributed by atoms with Crippen molar-refractivity contribution in [2.75, 3.05) is 6.54 Å². The number of rotatable bonds is 4. The van der Waals surface area contributed by atoms with E-state index >= 15 is 0 Å². The van der Waals surface area contributed by atoms with Crippen LogP contribution in [-0.4, -0.2) is 12.5 Å². The second kappa shape index (κ2) is 6.95. The molecule has 18 heavy (non-hydrogen) atoms. The summed E-state index contributed by atoms with van der Waals surface area (Å²) in [5.74, 6) is -0.0349. The molecule has 0 heterocycles. The van der Waals surface area contributed by atoms with Crippen LogP contribution in [0.15, 0.2) is 22.2 Å². The smallest absolute Gasteiger partial charge is 0.246 e. The Morgan fingerprint density at radius 1 is 1.50 bits per heavy atom. The summed E-state index contributed by atoms with van der Waals surface area (Å²) in [7, 11) is 0. The lowest BCUT2D eigenvalue weighted by Gasteiger charge is -2.07.